The van der Waals surface area contributed by atoms with Gasteiger partial charge in [-0.05, 0) is 51.6 Å². The molecular weight excluding hydrogens is 580 g/mol. The van der Waals surface area contributed by atoms with Gasteiger partial charge in [-0.3, -0.25) is 43.3 Å². The minimum atomic E-state index is -0.954. The molecule has 0 bridgehead atoms. The summed E-state index contributed by atoms with van der Waals surface area (Å²) in [5.41, 5.74) is 5.38. The molecule has 0 spiro atoms. The number of hydrogen-bond acceptors (Lipinski definition) is 9. The van der Waals surface area contributed by atoms with Crippen LogP contribution in [0.5, 0.6) is 0 Å². The number of nitrogens with zero attached hydrogens (tertiary/aromatic N) is 1. The number of amides is 7. The van der Waals surface area contributed by atoms with Crippen LogP contribution in [-0.2, 0) is 38.4 Å². The number of rotatable bonds is 23. The second-order valence-corrected chi connectivity index (χ2v) is 10.3. The van der Waals surface area contributed by atoms with Crippen LogP contribution in [0.2, 0.25) is 0 Å². The van der Waals surface area contributed by atoms with Crippen LogP contribution in [0.4, 0.5) is 0 Å². The highest BCUT2D eigenvalue weighted by Crippen LogP contribution is 2.17. The summed E-state index contributed by atoms with van der Waals surface area (Å²) in [7, 11) is 0. The van der Waals surface area contributed by atoms with Crippen molar-refractivity contribution in [2.45, 2.75) is 70.3 Å². The van der Waals surface area contributed by atoms with Gasteiger partial charge in [0.05, 0.1) is 25.7 Å². The van der Waals surface area contributed by atoms with E-state index in [0.29, 0.717) is 32.2 Å². The van der Waals surface area contributed by atoms with E-state index in [1.54, 1.807) is 0 Å². The maximum absolute atomic E-state index is 12.0. The Bertz CT molecular complexity index is 1010. The van der Waals surface area contributed by atoms with Crippen molar-refractivity contribution >= 4 is 47.3 Å². The average molecular weight is 627 g/mol. The van der Waals surface area contributed by atoms with Gasteiger partial charge in [-0.1, -0.05) is 0 Å². The van der Waals surface area contributed by atoms with Crippen LogP contribution in [0, 0.1) is 0 Å². The van der Waals surface area contributed by atoms with Gasteiger partial charge in [0.1, 0.15) is 0 Å². The molecule has 1 saturated heterocycles. The number of nitrogens with two attached hydrogens (primary N) is 1. The summed E-state index contributed by atoms with van der Waals surface area (Å²) in [6.45, 7) is 1.30. The minimum Gasteiger partial charge on any atom is -0.481 e. The lowest BCUT2D eigenvalue weighted by molar-refractivity contribution is -0.137. The largest absolute Gasteiger partial charge is 0.481 e. The summed E-state index contributed by atoms with van der Waals surface area (Å²) in [5.74, 6) is -3.59. The molecular formula is C27H46N8O9. The molecule has 0 unspecified atom stereocenters. The molecule has 0 aromatic rings. The molecule has 1 rings (SSSR count). The first-order valence-electron chi connectivity index (χ1n) is 14.8. The maximum Gasteiger partial charge on any atom is 0.303 e. The van der Waals surface area contributed by atoms with Gasteiger partial charge in [-0.2, -0.15) is 0 Å². The molecule has 17 nitrogen and oxygen atoms in total. The lowest BCUT2D eigenvalue weighted by Gasteiger charge is -2.21. The van der Waals surface area contributed by atoms with E-state index in [1.807, 2.05) is 4.90 Å². The zero-order valence-electron chi connectivity index (χ0n) is 25.0. The third-order valence-corrected chi connectivity index (χ3v) is 6.57. The Morgan fingerprint density at radius 1 is 0.591 bits per heavy atom. The van der Waals surface area contributed by atoms with E-state index in [-0.39, 0.29) is 94.6 Å². The van der Waals surface area contributed by atoms with Crippen LogP contribution in [-0.4, -0.2) is 116 Å². The molecule has 1 heterocycles. The summed E-state index contributed by atoms with van der Waals surface area (Å²) < 4.78 is 0. The van der Waals surface area contributed by atoms with Crippen LogP contribution in [0.1, 0.15) is 64.2 Å². The second kappa shape index (κ2) is 22.3. The number of carbonyl (C=O) groups excluding carboxylic acids is 7. The highest BCUT2D eigenvalue weighted by atomic mass is 16.4. The number of nitrogens with one attached hydrogen (secondary N) is 6. The summed E-state index contributed by atoms with van der Waals surface area (Å²) >= 11 is 0. The molecule has 0 aliphatic carbocycles. The SMILES string of the molecule is NC(=O)[C@@H]1CCCN1CCCC(=O)NCC(=O)NCCCC(=O)NCC(=O)NCCCC(=O)NCC(=O)NCCCC(=O)O. The highest BCUT2D eigenvalue weighted by Gasteiger charge is 2.28. The Morgan fingerprint density at radius 3 is 1.41 bits per heavy atom. The van der Waals surface area contributed by atoms with Crippen LogP contribution < -0.4 is 37.6 Å². The normalized spacial score (nSPS) is 14.2. The van der Waals surface area contributed by atoms with Crippen LogP contribution in [0.3, 0.4) is 0 Å². The lowest BCUT2D eigenvalue weighted by Crippen LogP contribution is -2.41. The van der Waals surface area contributed by atoms with Crippen LogP contribution in [0.25, 0.3) is 0 Å². The molecule has 248 valence electrons. The zero-order valence-corrected chi connectivity index (χ0v) is 25.0. The van der Waals surface area contributed by atoms with Crippen molar-refractivity contribution in [3.63, 3.8) is 0 Å². The van der Waals surface area contributed by atoms with Crippen LogP contribution >= 0.6 is 0 Å². The van der Waals surface area contributed by atoms with Crippen molar-refractivity contribution in [2.24, 2.45) is 5.73 Å². The molecule has 7 amide bonds. The van der Waals surface area contributed by atoms with E-state index < -0.39 is 23.7 Å². The van der Waals surface area contributed by atoms with Crippen molar-refractivity contribution in [3.05, 3.63) is 0 Å². The van der Waals surface area contributed by atoms with Crippen molar-refractivity contribution in [1.82, 2.24) is 36.8 Å². The topological polar surface area (TPSA) is 258 Å². The molecule has 1 aliphatic heterocycles. The summed E-state index contributed by atoms with van der Waals surface area (Å²) in [6, 6.07) is -0.277. The van der Waals surface area contributed by atoms with Crippen LogP contribution in [0.15, 0.2) is 0 Å². The fourth-order valence-corrected chi connectivity index (χ4v) is 4.27. The molecule has 1 fully saturated rings. The third-order valence-electron chi connectivity index (χ3n) is 6.57. The second-order valence-electron chi connectivity index (χ2n) is 10.3. The highest BCUT2D eigenvalue weighted by molar-refractivity contribution is 5.86. The Balaban J connectivity index is 1.99. The number of aliphatic carboxylic acids is 1. The number of carboxylic acids is 1. The first kappa shape index (κ1) is 37.7. The van der Waals surface area contributed by atoms with Crippen molar-refractivity contribution in [2.75, 3.05) is 52.4 Å². The van der Waals surface area contributed by atoms with Gasteiger partial charge in [-0.25, -0.2) is 0 Å². The van der Waals surface area contributed by atoms with E-state index in [1.165, 1.54) is 0 Å². The quantitative estimate of drug-likeness (QED) is 0.0528. The fraction of sp³-hybridized carbons (Fsp3) is 0.704. The van der Waals surface area contributed by atoms with E-state index in [4.69, 9.17) is 10.8 Å². The molecule has 1 aliphatic rings. The number of carboxylic acid groups (broad SMARTS) is 1. The molecule has 9 N–H and O–H groups in total. The number of carbonyl (C=O) groups is 8. The molecule has 17 heteroatoms. The molecule has 0 aromatic heterocycles. The van der Waals surface area contributed by atoms with E-state index in [9.17, 15) is 38.4 Å². The molecule has 1 atom stereocenters. The smallest absolute Gasteiger partial charge is 0.303 e. The summed E-state index contributed by atoms with van der Waals surface area (Å²) in [5, 5.41) is 23.6. The van der Waals surface area contributed by atoms with Gasteiger partial charge in [0, 0.05) is 45.3 Å². The number of primary amides is 1. The third kappa shape index (κ3) is 19.0. The maximum atomic E-state index is 12.0. The average Bonchev–Trinajstić information content (AvgIpc) is 3.45. The van der Waals surface area contributed by atoms with Gasteiger partial charge in [0.15, 0.2) is 0 Å². The lowest BCUT2D eigenvalue weighted by atomic mass is 10.2. The number of likely N-dealkylation sites (tertiary alicyclic amines) is 1. The van der Waals surface area contributed by atoms with Crippen molar-refractivity contribution in [3.8, 4) is 0 Å². The Kier molecular flexibility index (Phi) is 19.1. The minimum absolute atomic E-state index is 0.0599. The Labute approximate surface area is 256 Å². The van der Waals surface area contributed by atoms with Crippen molar-refractivity contribution < 1.29 is 43.5 Å². The predicted molar refractivity (Wildman–Crippen MR) is 156 cm³/mol. The van der Waals surface area contributed by atoms with Gasteiger partial charge in [0.2, 0.25) is 41.4 Å². The summed E-state index contributed by atoms with van der Waals surface area (Å²) in [4.78, 5) is 94.8. The van der Waals surface area contributed by atoms with Crippen molar-refractivity contribution in [1.29, 1.82) is 0 Å². The Hall–Kier alpha value is -4.28. The van der Waals surface area contributed by atoms with Gasteiger partial charge < -0.3 is 42.7 Å². The number of hydrogen-bond donors (Lipinski definition) is 8. The fourth-order valence-electron chi connectivity index (χ4n) is 4.27. The Morgan fingerprint density at radius 2 is 1.00 bits per heavy atom. The standard InChI is InChI=1S/C27H46N8O9/c28-27(44)19-6-4-14-35(19)15-5-9-22(38)34-18-24(40)30-12-2-7-20(36)32-16-23(39)29-11-1-8-21(37)33-17-25(41)31-13-3-10-26(42)43/h19H,1-18H2,(H2,28,44)(H,29,39)(H,30,40)(H,31,41)(H,32,36)(H,33,37)(H,34,38)(H,42,43)/t19-/m0/s1. The molecule has 44 heavy (non-hydrogen) atoms. The van der Waals surface area contributed by atoms with Gasteiger partial charge in [0.25, 0.3) is 0 Å². The van der Waals surface area contributed by atoms with Gasteiger partial charge >= 0.3 is 5.97 Å². The molecule has 0 radical (unpaired) electrons. The van der Waals surface area contributed by atoms with E-state index in [2.05, 4.69) is 31.9 Å². The van der Waals surface area contributed by atoms with E-state index >= 15 is 0 Å². The monoisotopic (exact) mass is 626 g/mol. The van der Waals surface area contributed by atoms with E-state index in [0.717, 1.165) is 19.4 Å². The molecule has 0 saturated carbocycles. The first-order valence-corrected chi connectivity index (χ1v) is 14.8. The predicted octanol–water partition coefficient (Wildman–Crippen LogP) is -3.16. The summed E-state index contributed by atoms with van der Waals surface area (Å²) in [6.07, 6.45) is 3.43. The zero-order chi connectivity index (χ0) is 32.7. The first-order chi connectivity index (χ1) is 21.0. The molecule has 0 aromatic carbocycles. The van der Waals surface area contributed by atoms with Gasteiger partial charge in [-0.15, -0.1) is 0 Å².